The molecule has 0 unspecified atom stereocenters. The van der Waals surface area contributed by atoms with Crippen molar-refractivity contribution in [1.82, 2.24) is 0 Å². The van der Waals surface area contributed by atoms with Crippen LogP contribution in [0.3, 0.4) is 0 Å². The van der Waals surface area contributed by atoms with Gasteiger partial charge in [-0.15, -0.1) is 0 Å². The highest BCUT2D eigenvalue weighted by molar-refractivity contribution is 6.06. The molecule has 23 heavy (non-hydrogen) atoms. The number of carbonyl (C=O) groups is 1. The predicted molar refractivity (Wildman–Crippen MR) is 91.7 cm³/mol. The Morgan fingerprint density at radius 1 is 1.17 bits per heavy atom. The first-order valence-corrected chi connectivity index (χ1v) is 7.74. The van der Waals surface area contributed by atoms with Crippen molar-refractivity contribution in [3.05, 3.63) is 59.2 Å². The number of methoxy groups -OCH3 is 1. The van der Waals surface area contributed by atoms with Crippen molar-refractivity contribution < 1.29 is 9.53 Å². The van der Waals surface area contributed by atoms with Crippen LogP contribution in [0.2, 0.25) is 0 Å². The highest BCUT2D eigenvalue weighted by Crippen LogP contribution is 2.30. The summed E-state index contributed by atoms with van der Waals surface area (Å²) in [6, 6.07) is 13.7. The van der Waals surface area contributed by atoms with Gasteiger partial charge in [-0.2, -0.15) is 0 Å². The lowest BCUT2D eigenvalue weighted by atomic mass is 10.0. The third-order valence-corrected chi connectivity index (χ3v) is 4.02. The van der Waals surface area contributed by atoms with Crippen LogP contribution in [0.4, 0.5) is 5.69 Å². The standard InChI is InChI=1S/C20H19NO2/c1-15-5-7-16(8-6-15)9-12-20(22)21-13-3-4-17-14-18(23-2)10-11-19(17)21/h5-8,10-11,14H,3-4,13H2,1-2H3. The molecule has 3 nitrogen and oxygen atoms in total. The van der Waals surface area contributed by atoms with Crippen molar-refractivity contribution in [3.8, 4) is 17.6 Å². The van der Waals surface area contributed by atoms with Gasteiger partial charge in [0.05, 0.1) is 7.11 Å². The fourth-order valence-corrected chi connectivity index (χ4v) is 2.74. The van der Waals surface area contributed by atoms with Crippen LogP contribution in [-0.2, 0) is 11.2 Å². The first-order chi connectivity index (χ1) is 11.2. The fraction of sp³-hybridized carbons (Fsp3) is 0.250. The van der Waals surface area contributed by atoms with Gasteiger partial charge in [-0.1, -0.05) is 23.6 Å². The third-order valence-electron chi connectivity index (χ3n) is 4.02. The Balaban J connectivity index is 1.83. The van der Waals surface area contributed by atoms with Crippen LogP contribution in [0.25, 0.3) is 0 Å². The first kappa shape index (κ1) is 15.2. The Morgan fingerprint density at radius 2 is 1.96 bits per heavy atom. The zero-order valence-corrected chi connectivity index (χ0v) is 13.4. The molecule has 1 amide bonds. The Kier molecular flexibility index (Phi) is 4.34. The van der Waals surface area contributed by atoms with E-state index >= 15 is 0 Å². The summed E-state index contributed by atoms with van der Waals surface area (Å²) < 4.78 is 5.26. The highest BCUT2D eigenvalue weighted by atomic mass is 16.5. The largest absolute Gasteiger partial charge is 0.497 e. The summed E-state index contributed by atoms with van der Waals surface area (Å²) in [7, 11) is 1.65. The number of fused-ring (bicyclic) bond motifs is 1. The second kappa shape index (κ2) is 6.58. The smallest absolute Gasteiger partial charge is 0.303 e. The second-order valence-corrected chi connectivity index (χ2v) is 5.67. The normalized spacial score (nSPS) is 12.9. The molecular weight excluding hydrogens is 286 g/mol. The maximum Gasteiger partial charge on any atom is 0.303 e. The van der Waals surface area contributed by atoms with Crippen LogP contribution in [-0.4, -0.2) is 19.6 Å². The van der Waals surface area contributed by atoms with Crippen LogP contribution in [0.15, 0.2) is 42.5 Å². The molecule has 3 heteroatoms. The van der Waals surface area contributed by atoms with Gasteiger partial charge >= 0.3 is 5.91 Å². The van der Waals surface area contributed by atoms with E-state index < -0.39 is 0 Å². The molecular formula is C20H19NO2. The van der Waals surface area contributed by atoms with E-state index in [1.807, 2.05) is 49.4 Å². The van der Waals surface area contributed by atoms with Crippen molar-refractivity contribution >= 4 is 11.6 Å². The van der Waals surface area contributed by atoms with E-state index in [1.54, 1.807) is 12.0 Å². The second-order valence-electron chi connectivity index (χ2n) is 5.67. The first-order valence-electron chi connectivity index (χ1n) is 7.74. The number of ether oxygens (including phenoxy) is 1. The summed E-state index contributed by atoms with van der Waals surface area (Å²) >= 11 is 0. The van der Waals surface area contributed by atoms with Gasteiger partial charge in [0.15, 0.2) is 0 Å². The van der Waals surface area contributed by atoms with Crippen molar-refractivity contribution in [2.45, 2.75) is 19.8 Å². The van der Waals surface area contributed by atoms with Gasteiger partial charge in [-0.05, 0) is 55.7 Å². The van der Waals surface area contributed by atoms with Gasteiger partial charge in [-0.3, -0.25) is 4.79 Å². The molecule has 0 radical (unpaired) electrons. The van der Waals surface area contributed by atoms with Gasteiger partial charge in [0.25, 0.3) is 0 Å². The Hall–Kier alpha value is -2.73. The SMILES string of the molecule is COc1ccc2c(c1)CCCN2C(=O)C#Cc1ccc(C)cc1. The van der Waals surface area contributed by atoms with E-state index in [0.29, 0.717) is 6.54 Å². The number of rotatable bonds is 1. The van der Waals surface area contributed by atoms with Crippen molar-refractivity contribution in [1.29, 1.82) is 0 Å². The van der Waals surface area contributed by atoms with E-state index in [4.69, 9.17) is 4.74 Å². The number of aryl methyl sites for hydroxylation is 2. The lowest BCUT2D eigenvalue weighted by Crippen LogP contribution is -2.34. The summed E-state index contributed by atoms with van der Waals surface area (Å²) in [6.45, 7) is 2.74. The van der Waals surface area contributed by atoms with Crippen LogP contribution in [0.5, 0.6) is 5.75 Å². The number of carbonyl (C=O) groups excluding carboxylic acids is 1. The highest BCUT2D eigenvalue weighted by Gasteiger charge is 2.21. The molecule has 0 N–H and O–H groups in total. The number of nitrogens with zero attached hydrogens (tertiary/aromatic N) is 1. The van der Waals surface area contributed by atoms with Crippen molar-refractivity contribution in [2.75, 3.05) is 18.6 Å². The lowest BCUT2D eigenvalue weighted by molar-refractivity contribution is -0.113. The Morgan fingerprint density at radius 3 is 2.70 bits per heavy atom. The van der Waals surface area contributed by atoms with Crippen LogP contribution >= 0.6 is 0 Å². The van der Waals surface area contributed by atoms with E-state index in [0.717, 1.165) is 35.4 Å². The molecule has 2 aromatic carbocycles. The van der Waals surface area contributed by atoms with Gasteiger partial charge in [0.1, 0.15) is 5.75 Å². The minimum absolute atomic E-state index is 0.156. The van der Waals surface area contributed by atoms with Crippen molar-refractivity contribution in [3.63, 3.8) is 0 Å². The fourth-order valence-electron chi connectivity index (χ4n) is 2.74. The molecule has 2 aromatic rings. The maximum absolute atomic E-state index is 12.5. The Bertz CT molecular complexity index is 782. The molecule has 0 saturated carbocycles. The predicted octanol–water partition coefficient (Wildman–Crippen LogP) is 3.33. The molecule has 1 heterocycles. The summed E-state index contributed by atoms with van der Waals surface area (Å²) in [5, 5.41) is 0. The van der Waals surface area contributed by atoms with E-state index in [1.165, 1.54) is 5.56 Å². The molecule has 0 aliphatic carbocycles. The summed E-state index contributed by atoms with van der Waals surface area (Å²) in [5.74, 6) is 6.39. The molecule has 0 aromatic heterocycles. The maximum atomic E-state index is 12.5. The molecule has 0 saturated heterocycles. The van der Waals surface area contributed by atoms with Gasteiger partial charge in [-0.25, -0.2) is 0 Å². The Labute approximate surface area is 136 Å². The minimum atomic E-state index is -0.156. The molecule has 1 aliphatic heterocycles. The summed E-state index contributed by atoms with van der Waals surface area (Å²) in [4.78, 5) is 14.2. The van der Waals surface area contributed by atoms with E-state index in [-0.39, 0.29) is 5.91 Å². The number of hydrogen-bond donors (Lipinski definition) is 0. The quantitative estimate of drug-likeness (QED) is 0.756. The molecule has 0 bridgehead atoms. The molecule has 0 fully saturated rings. The van der Waals surface area contributed by atoms with Gasteiger partial charge in [0.2, 0.25) is 0 Å². The number of benzene rings is 2. The number of anilines is 1. The number of hydrogen-bond acceptors (Lipinski definition) is 2. The number of amides is 1. The van der Waals surface area contributed by atoms with Gasteiger partial charge in [0, 0.05) is 23.7 Å². The summed E-state index contributed by atoms with van der Waals surface area (Å²) in [5.41, 5.74) is 4.12. The van der Waals surface area contributed by atoms with Crippen LogP contribution in [0, 0.1) is 18.8 Å². The summed E-state index contributed by atoms with van der Waals surface area (Å²) in [6.07, 6.45) is 1.90. The monoisotopic (exact) mass is 305 g/mol. The van der Waals surface area contributed by atoms with Crippen molar-refractivity contribution in [2.24, 2.45) is 0 Å². The van der Waals surface area contributed by atoms with Crippen LogP contribution in [0.1, 0.15) is 23.1 Å². The molecule has 3 rings (SSSR count). The topological polar surface area (TPSA) is 29.5 Å². The van der Waals surface area contributed by atoms with E-state index in [2.05, 4.69) is 11.8 Å². The molecule has 0 spiro atoms. The van der Waals surface area contributed by atoms with Crippen LogP contribution < -0.4 is 9.64 Å². The zero-order valence-electron chi connectivity index (χ0n) is 13.4. The zero-order chi connectivity index (χ0) is 16.2. The third kappa shape index (κ3) is 3.37. The van der Waals surface area contributed by atoms with Gasteiger partial charge < -0.3 is 9.64 Å². The minimum Gasteiger partial charge on any atom is -0.497 e. The average Bonchev–Trinajstić information content (AvgIpc) is 2.60. The lowest BCUT2D eigenvalue weighted by Gasteiger charge is -2.28. The molecule has 1 aliphatic rings. The molecule has 116 valence electrons. The molecule has 0 atom stereocenters. The van der Waals surface area contributed by atoms with E-state index in [9.17, 15) is 4.79 Å². The average molecular weight is 305 g/mol.